The van der Waals surface area contributed by atoms with Crippen LogP contribution < -0.4 is 10.6 Å². The molecule has 1 atom stereocenters. The van der Waals surface area contributed by atoms with E-state index in [1.54, 1.807) is 7.11 Å². The van der Waals surface area contributed by atoms with Gasteiger partial charge in [-0.1, -0.05) is 12.1 Å². The third-order valence-corrected chi connectivity index (χ3v) is 4.19. The highest BCUT2D eigenvalue weighted by Gasteiger charge is 2.26. The quantitative estimate of drug-likeness (QED) is 0.756. The van der Waals surface area contributed by atoms with E-state index in [1.807, 2.05) is 19.1 Å². The molecule has 122 valence electrons. The number of anilines is 1. The van der Waals surface area contributed by atoms with Gasteiger partial charge in [-0.25, -0.2) is 4.79 Å². The van der Waals surface area contributed by atoms with Gasteiger partial charge in [-0.2, -0.15) is 0 Å². The Balaban J connectivity index is 2.05. The van der Waals surface area contributed by atoms with Crippen molar-refractivity contribution >= 4 is 11.7 Å². The number of ether oxygens (including phenoxy) is 1. The smallest absolute Gasteiger partial charge is 0.319 e. The lowest BCUT2D eigenvalue weighted by molar-refractivity contribution is 0.104. The van der Waals surface area contributed by atoms with Crippen LogP contribution in [-0.2, 0) is 17.6 Å². The average molecular weight is 306 g/mol. The number of aliphatic hydroxyl groups is 1. The minimum atomic E-state index is -0.581. The minimum absolute atomic E-state index is 0.000868. The Morgan fingerprint density at radius 1 is 1.36 bits per heavy atom. The summed E-state index contributed by atoms with van der Waals surface area (Å²) in [5.74, 6) is 0. The third kappa shape index (κ3) is 4.21. The molecule has 0 fully saturated rings. The van der Waals surface area contributed by atoms with Gasteiger partial charge in [0.1, 0.15) is 0 Å². The molecule has 1 aliphatic carbocycles. The molecule has 0 spiro atoms. The molecule has 3 N–H and O–H groups in total. The number of benzene rings is 1. The van der Waals surface area contributed by atoms with Gasteiger partial charge in [0.25, 0.3) is 0 Å². The van der Waals surface area contributed by atoms with Gasteiger partial charge >= 0.3 is 6.03 Å². The number of aryl methyl sites for hydroxylation is 1. The molecule has 0 heterocycles. The first kappa shape index (κ1) is 16.8. The first-order valence-corrected chi connectivity index (χ1v) is 7.88. The van der Waals surface area contributed by atoms with E-state index in [2.05, 4.69) is 16.7 Å². The first-order valence-electron chi connectivity index (χ1n) is 7.88. The molecule has 0 radical (unpaired) electrons. The molecule has 0 saturated heterocycles. The van der Waals surface area contributed by atoms with Crippen molar-refractivity contribution in [1.29, 1.82) is 0 Å². The summed E-state index contributed by atoms with van der Waals surface area (Å²) in [4.78, 5) is 12.3. The van der Waals surface area contributed by atoms with E-state index in [1.165, 1.54) is 24.0 Å². The number of nitrogens with one attached hydrogen (secondary N) is 2. The van der Waals surface area contributed by atoms with E-state index in [-0.39, 0.29) is 12.6 Å². The number of carbonyl (C=O) groups excluding carboxylic acids is 1. The van der Waals surface area contributed by atoms with E-state index in [0.717, 1.165) is 18.5 Å². The minimum Gasteiger partial charge on any atom is -0.396 e. The van der Waals surface area contributed by atoms with E-state index in [4.69, 9.17) is 9.84 Å². The maximum atomic E-state index is 12.3. The number of hydrogen-bond acceptors (Lipinski definition) is 3. The van der Waals surface area contributed by atoms with Crippen molar-refractivity contribution in [2.45, 2.75) is 44.6 Å². The van der Waals surface area contributed by atoms with E-state index >= 15 is 0 Å². The highest BCUT2D eigenvalue weighted by atomic mass is 16.5. The lowest BCUT2D eigenvalue weighted by Gasteiger charge is -2.30. The summed E-state index contributed by atoms with van der Waals surface area (Å²) in [6.45, 7) is 2.22. The molecular weight excluding hydrogens is 280 g/mol. The lowest BCUT2D eigenvalue weighted by Crippen LogP contribution is -2.51. The molecule has 1 aliphatic rings. The largest absolute Gasteiger partial charge is 0.396 e. The molecule has 2 rings (SSSR count). The Bertz CT molecular complexity index is 511. The van der Waals surface area contributed by atoms with E-state index < -0.39 is 5.54 Å². The number of urea groups is 1. The number of hydrogen-bond donors (Lipinski definition) is 3. The van der Waals surface area contributed by atoms with Crippen LogP contribution >= 0.6 is 0 Å². The van der Waals surface area contributed by atoms with Gasteiger partial charge < -0.3 is 20.5 Å². The van der Waals surface area contributed by atoms with Gasteiger partial charge in [0.2, 0.25) is 0 Å². The summed E-state index contributed by atoms with van der Waals surface area (Å²) < 4.78 is 5.15. The van der Waals surface area contributed by atoms with E-state index in [0.29, 0.717) is 13.0 Å². The fraction of sp³-hybridized carbons (Fsp3) is 0.588. The molecule has 1 aromatic carbocycles. The van der Waals surface area contributed by atoms with E-state index in [9.17, 15) is 4.79 Å². The average Bonchev–Trinajstić information content (AvgIpc) is 2.47. The highest BCUT2D eigenvalue weighted by molar-refractivity contribution is 5.90. The Morgan fingerprint density at radius 2 is 2.14 bits per heavy atom. The summed E-state index contributed by atoms with van der Waals surface area (Å²) in [7, 11) is 1.59. The zero-order valence-electron chi connectivity index (χ0n) is 13.4. The second-order valence-corrected chi connectivity index (χ2v) is 6.20. The van der Waals surface area contributed by atoms with Gasteiger partial charge in [-0.15, -0.1) is 0 Å². The number of methoxy groups -OCH3 is 1. The number of carbonyl (C=O) groups is 1. The van der Waals surface area contributed by atoms with Gasteiger partial charge in [-0.05, 0) is 56.2 Å². The summed E-state index contributed by atoms with van der Waals surface area (Å²) in [6, 6.07) is 5.82. The van der Waals surface area contributed by atoms with Crippen LogP contribution in [0.4, 0.5) is 10.5 Å². The second kappa shape index (κ2) is 7.61. The lowest BCUT2D eigenvalue weighted by atomic mass is 9.90. The summed E-state index contributed by atoms with van der Waals surface area (Å²) >= 11 is 0. The van der Waals surface area contributed by atoms with Gasteiger partial charge in [-0.3, -0.25) is 0 Å². The topological polar surface area (TPSA) is 70.6 Å². The van der Waals surface area contributed by atoms with Gasteiger partial charge in [0.05, 0.1) is 12.1 Å². The molecule has 0 aliphatic heterocycles. The van der Waals surface area contributed by atoms with Crippen LogP contribution in [0, 0.1) is 0 Å². The van der Waals surface area contributed by atoms with Crippen LogP contribution in [0.2, 0.25) is 0 Å². The van der Waals surface area contributed by atoms with Crippen molar-refractivity contribution in [2.75, 3.05) is 25.6 Å². The van der Waals surface area contributed by atoms with Crippen molar-refractivity contribution in [3.8, 4) is 0 Å². The molecule has 5 nitrogen and oxygen atoms in total. The Labute approximate surface area is 132 Å². The summed E-state index contributed by atoms with van der Waals surface area (Å²) in [5, 5.41) is 15.0. The SMILES string of the molecule is COCC(C)(CCO)NC(=O)Nc1cccc2c1CCCC2. The van der Waals surface area contributed by atoms with Crippen molar-refractivity contribution in [3.63, 3.8) is 0 Å². The maximum absolute atomic E-state index is 12.3. The fourth-order valence-corrected chi connectivity index (χ4v) is 3.06. The van der Waals surface area contributed by atoms with Crippen molar-refractivity contribution in [1.82, 2.24) is 5.32 Å². The van der Waals surface area contributed by atoms with Crippen LogP contribution in [0.3, 0.4) is 0 Å². The second-order valence-electron chi connectivity index (χ2n) is 6.20. The van der Waals surface area contributed by atoms with Gasteiger partial charge in [0.15, 0.2) is 0 Å². The third-order valence-electron chi connectivity index (χ3n) is 4.19. The van der Waals surface area contributed by atoms with Crippen LogP contribution in [0.5, 0.6) is 0 Å². The number of amides is 2. The summed E-state index contributed by atoms with van der Waals surface area (Å²) in [5.41, 5.74) is 2.89. The molecule has 5 heteroatoms. The number of aliphatic hydroxyl groups excluding tert-OH is 1. The molecule has 0 bridgehead atoms. The van der Waals surface area contributed by atoms with Crippen LogP contribution in [-0.4, -0.2) is 37.0 Å². The Kier molecular flexibility index (Phi) is 5.80. The molecule has 2 amide bonds. The first-order chi connectivity index (χ1) is 10.6. The van der Waals surface area contributed by atoms with Crippen LogP contribution in [0.25, 0.3) is 0 Å². The maximum Gasteiger partial charge on any atom is 0.319 e. The standard InChI is InChI=1S/C17H26N2O3/c1-17(10-11-20,12-22-2)19-16(21)18-15-9-5-7-13-6-3-4-8-14(13)15/h5,7,9,20H,3-4,6,8,10-12H2,1-2H3,(H2,18,19,21). The van der Waals surface area contributed by atoms with Crippen molar-refractivity contribution in [3.05, 3.63) is 29.3 Å². The number of fused-ring (bicyclic) bond motifs is 1. The summed E-state index contributed by atoms with van der Waals surface area (Å²) in [6.07, 6.45) is 4.92. The predicted molar refractivity (Wildman–Crippen MR) is 87.2 cm³/mol. The molecule has 22 heavy (non-hydrogen) atoms. The highest BCUT2D eigenvalue weighted by Crippen LogP contribution is 2.27. The Hall–Kier alpha value is -1.59. The molecular formula is C17H26N2O3. The van der Waals surface area contributed by atoms with Crippen molar-refractivity contribution < 1.29 is 14.6 Å². The number of rotatable bonds is 6. The molecule has 0 saturated carbocycles. The zero-order chi connectivity index (χ0) is 16.0. The van der Waals surface area contributed by atoms with Crippen molar-refractivity contribution in [2.24, 2.45) is 0 Å². The molecule has 1 unspecified atom stereocenters. The predicted octanol–water partition coefficient (Wildman–Crippen LogP) is 2.47. The normalized spacial score (nSPS) is 16.5. The zero-order valence-corrected chi connectivity index (χ0v) is 13.4. The monoisotopic (exact) mass is 306 g/mol. The molecule has 0 aromatic heterocycles. The molecule has 1 aromatic rings. The van der Waals surface area contributed by atoms with Crippen LogP contribution in [0.15, 0.2) is 18.2 Å². The van der Waals surface area contributed by atoms with Gasteiger partial charge in [0, 0.05) is 19.4 Å². The van der Waals surface area contributed by atoms with Crippen LogP contribution in [0.1, 0.15) is 37.3 Å². The Morgan fingerprint density at radius 3 is 2.86 bits per heavy atom. The fourth-order valence-electron chi connectivity index (χ4n) is 3.06.